The average molecular weight is 268 g/mol. The minimum atomic E-state index is -1.19. The second-order valence-electron chi connectivity index (χ2n) is 3.84. The summed E-state index contributed by atoms with van der Waals surface area (Å²) in [7, 11) is 2.80. The molecule has 1 rings (SSSR count). The molecule has 7 nitrogen and oxygen atoms in total. The number of methoxy groups -OCH3 is 2. The van der Waals surface area contributed by atoms with E-state index in [4.69, 9.17) is 20.3 Å². The number of rotatable bonds is 5. The number of nitrogens with two attached hydrogens (primary N) is 1. The summed E-state index contributed by atoms with van der Waals surface area (Å²) in [6, 6.07) is 1.90. The number of carbonyl (C=O) groups is 2. The summed E-state index contributed by atoms with van der Waals surface area (Å²) in [5.41, 5.74) is 5.42. The van der Waals surface area contributed by atoms with Gasteiger partial charge in [-0.15, -0.1) is 0 Å². The first kappa shape index (κ1) is 14.8. The molecule has 0 fully saturated rings. The number of anilines is 1. The molecule has 0 aliphatic rings. The van der Waals surface area contributed by atoms with E-state index in [0.717, 1.165) is 0 Å². The van der Waals surface area contributed by atoms with Crippen LogP contribution in [-0.4, -0.2) is 37.2 Å². The van der Waals surface area contributed by atoms with E-state index in [1.165, 1.54) is 33.3 Å². The molecule has 0 unspecified atom stereocenters. The molecular weight excluding hydrogens is 252 g/mol. The lowest BCUT2D eigenvalue weighted by molar-refractivity contribution is -0.117. The third-order valence-corrected chi connectivity index (χ3v) is 2.43. The number of carbonyl (C=O) groups excluding carboxylic acids is 1. The molecule has 19 heavy (non-hydrogen) atoms. The van der Waals surface area contributed by atoms with Crippen LogP contribution in [0.4, 0.5) is 5.69 Å². The standard InChI is InChI=1S/C12H16N2O5/c1-6(13)11(15)14-8-5-10(19-3)9(18-2)4-7(8)12(16)17/h4-6H,13H2,1-3H3,(H,14,15)(H,16,17)/t6-/m0/s1. The number of aromatic carboxylic acids is 1. The van der Waals surface area contributed by atoms with E-state index in [1.807, 2.05) is 0 Å². The number of benzene rings is 1. The van der Waals surface area contributed by atoms with Gasteiger partial charge in [0, 0.05) is 12.1 Å². The maximum absolute atomic E-state index is 11.5. The molecule has 1 aromatic rings. The zero-order valence-electron chi connectivity index (χ0n) is 10.9. The molecule has 0 aliphatic heterocycles. The van der Waals surface area contributed by atoms with Crippen molar-refractivity contribution in [2.45, 2.75) is 13.0 Å². The Morgan fingerprint density at radius 3 is 2.21 bits per heavy atom. The molecule has 7 heteroatoms. The highest BCUT2D eigenvalue weighted by Gasteiger charge is 2.18. The van der Waals surface area contributed by atoms with Gasteiger partial charge in [0.15, 0.2) is 11.5 Å². The lowest BCUT2D eigenvalue weighted by atomic mass is 10.1. The van der Waals surface area contributed by atoms with E-state index in [2.05, 4.69) is 5.32 Å². The molecule has 0 aromatic heterocycles. The van der Waals surface area contributed by atoms with Crippen molar-refractivity contribution in [3.63, 3.8) is 0 Å². The zero-order chi connectivity index (χ0) is 14.6. The highest BCUT2D eigenvalue weighted by atomic mass is 16.5. The Morgan fingerprint density at radius 2 is 1.79 bits per heavy atom. The van der Waals surface area contributed by atoms with Crippen molar-refractivity contribution in [1.29, 1.82) is 0 Å². The summed E-state index contributed by atoms with van der Waals surface area (Å²) in [6.07, 6.45) is 0. The SMILES string of the molecule is COc1cc(NC(=O)[C@H](C)N)c(C(=O)O)cc1OC. The minimum absolute atomic E-state index is 0.104. The highest BCUT2D eigenvalue weighted by molar-refractivity contribution is 6.02. The third kappa shape index (κ3) is 3.35. The largest absolute Gasteiger partial charge is 0.493 e. The van der Waals surface area contributed by atoms with Crippen LogP contribution in [0.25, 0.3) is 0 Å². The molecule has 0 bridgehead atoms. The Labute approximate surface area is 110 Å². The van der Waals surface area contributed by atoms with Gasteiger partial charge >= 0.3 is 5.97 Å². The molecule has 104 valence electrons. The summed E-state index contributed by atoms with van der Waals surface area (Å²) >= 11 is 0. The van der Waals surface area contributed by atoms with Crippen molar-refractivity contribution < 1.29 is 24.2 Å². The van der Waals surface area contributed by atoms with Gasteiger partial charge in [0.25, 0.3) is 0 Å². The number of carboxylic acids is 1. The highest BCUT2D eigenvalue weighted by Crippen LogP contribution is 2.33. The van der Waals surface area contributed by atoms with Gasteiger partial charge < -0.3 is 25.6 Å². The van der Waals surface area contributed by atoms with Gasteiger partial charge in [0.1, 0.15) is 0 Å². The second kappa shape index (κ2) is 6.05. The number of nitrogens with one attached hydrogen (secondary N) is 1. The van der Waals surface area contributed by atoms with Gasteiger partial charge in [-0.25, -0.2) is 4.79 Å². The van der Waals surface area contributed by atoms with Gasteiger partial charge in [-0.2, -0.15) is 0 Å². The monoisotopic (exact) mass is 268 g/mol. The van der Waals surface area contributed by atoms with Crippen LogP contribution in [0.5, 0.6) is 11.5 Å². The van der Waals surface area contributed by atoms with Gasteiger partial charge in [0.2, 0.25) is 5.91 Å². The number of amides is 1. The van der Waals surface area contributed by atoms with E-state index in [-0.39, 0.29) is 17.0 Å². The fraction of sp³-hybridized carbons (Fsp3) is 0.333. The number of hydrogen-bond acceptors (Lipinski definition) is 5. The van der Waals surface area contributed by atoms with E-state index >= 15 is 0 Å². The molecule has 0 heterocycles. The first-order valence-electron chi connectivity index (χ1n) is 5.46. The fourth-order valence-electron chi connectivity index (χ4n) is 1.41. The quantitative estimate of drug-likeness (QED) is 0.724. The van der Waals surface area contributed by atoms with Crippen molar-refractivity contribution >= 4 is 17.6 Å². The number of carboxylic acid groups (broad SMARTS) is 1. The lowest BCUT2D eigenvalue weighted by Gasteiger charge is -2.14. The summed E-state index contributed by atoms with van der Waals surface area (Å²) in [5, 5.41) is 11.6. The van der Waals surface area contributed by atoms with Crippen LogP contribution in [0.1, 0.15) is 17.3 Å². The van der Waals surface area contributed by atoms with E-state index in [0.29, 0.717) is 5.75 Å². The maximum Gasteiger partial charge on any atom is 0.337 e. The summed E-state index contributed by atoms with van der Waals surface area (Å²) in [6.45, 7) is 1.50. The van der Waals surface area contributed by atoms with Crippen LogP contribution in [0.2, 0.25) is 0 Å². The third-order valence-electron chi connectivity index (χ3n) is 2.43. The number of ether oxygens (including phenoxy) is 2. The Bertz CT molecular complexity index is 499. The van der Waals surface area contributed by atoms with Crippen molar-refractivity contribution in [2.24, 2.45) is 5.73 Å². The van der Waals surface area contributed by atoms with Crippen LogP contribution >= 0.6 is 0 Å². The van der Waals surface area contributed by atoms with E-state index in [1.54, 1.807) is 0 Å². The van der Waals surface area contributed by atoms with Crippen LogP contribution in [0.15, 0.2) is 12.1 Å². The molecule has 0 saturated carbocycles. The van der Waals surface area contributed by atoms with Crippen LogP contribution in [-0.2, 0) is 4.79 Å². The molecule has 4 N–H and O–H groups in total. The Balaban J connectivity index is 3.27. The van der Waals surface area contributed by atoms with Crippen LogP contribution < -0.4 is 20.5 Å². The van der Waals surface area contributed by atoms with Crippen molar-refractivity contribution in [2.75, 3.05) is 19.5 Å². The van der Waals surface area contributed by atoms with Gasteiger partial charge in [0.05, 0.1) is 31.5 Å². The zero-order valence-corrected chi connectivity index (χ0v) is 10.9. The van der Waals surface area contributed by atoms with E-state index < -0.39 is 17.9 Å². The maximum atomic E-state index is 11.5. The molecule has 0 saturated heterocycles. The summed E-state index contributed by atoms with van der Waals surface area (Å²) in [4.78, 5) is 22.7. The van der Waals surface area contributed by atoms with E-state index in [9.17, 15) is 9.59 Å². The van der Waals surface area contributed by atoms with Crippen molar-refractivity contribution in [1.82, 2.24) is 0 Å². The molecule has 1 amide bonds. The smallest absolute Gasteiger partial charge is 0.337 e. The second-order valence-corrected chi connectivity index (χ2v) is 3.84. The molecular formula is C12H16N2O5. The number of hydrogen-bond donors (Lipinski definition) is 3. The lowest BCUT2D eigenvalue weighted by Crippen LogP contribution is -2.33. The Kier molecular flexibility index (Phi) is 4.71. The van der Waals surface area contributed by atoms with Crippen LogP contribution in [0.3, 0.4) is 0 Å². The molecule has 1 atom stereocenters. The fourth-order valence-corrected chi connectivity index (χ4v) is 1.41. The van der Waals surface area contributed by atoms with Crippen molar-refractivity contribution in [3.8, 4) is 11.5 Å². The topological polar surface area (TPSA) is 111 Å². The summed E-state index contributed by atoms with van der Waals surface area (Å²) in [5.74, 6) is -1.11. The molecule has 0 radical (unpaired) electrons. The van der Waals surface area contributed by atoms with Gasteiger partial charge in [-0.3, -0.25) is 4.79 Å². The predicted octanol–water partition coefficient (Wildman–Crippen LogP) is 0.688. The van der Waals surface area contributed by atoms with Crippen molar-refractivity contribution in [3.05, 3.63) is 17.7 Å². The Morgan fingerprint density at radius 1 is 1.26 bits per heavy atom. The first-order valence-corrected chi connectivity index (χ1v) is 5.46. The normalized spacial score (nSPS) is 11.6. The molecule has 1 aromatic carbocycles. The van der Waals surface area contributed by atoms with Gasteiger partial charge in [-0.05, 0) is 6.92 Å². The van der Waals surface area contributed by atoms with Gasteiger partial charge in [-0.1, -0.05) is 0 Å². The molecule has 0 aliphatic carbocycles. The predicted molar refractivity (Wildman–Crippen MR) is 68.8 cm³/mol. The van der Waals surface area contributed by atoms with Crippen LogP contribution in [0, 0.1) is 0 Å². The summed E-state index contributed by atoms with van der Waals surface area (Å²) < 4.78 is 10.1. The first-order chi connectivity index (χ1) is 8.90. The minimum Gasteiger partial charge on any atom is -0.493 e. The average Bonchev–Trinajstić information content (AvgIpc) is 2.37. The Hall–Kier alpha value is -2.28. The molecule has 0 spiro atoms.